The summed E-state index contributed by atoms with van der Waals surface area (Å²) in [6.45, 7) is 1.23. The molecule has 0 rings (SSSR count). The van der Waals surface area contributed by atoms with Crippen molar-refractivity contribution in [1.29, 1.82) is 0 Å². The third-order valence-electron chi connectivity index (χ3n) is 0.902. The SMILES string of the molecule is CC(=O)CCC(F)=C(F)F. The molecule has 1 nitrogen and oxygen atoms in total. The topological polar surface area (TPSA) is 17.1 Å². The quantitative estimate of drug-likeness (QED) is 0.607. The highest BCUT2D eigenvalue weighted by Crippen LogP contribution is 2.14. The number of hydrogen-bond acceptors (Lipinski definition) is 1. The smallest absolute Gasteiger partial charge is 0.300 e. The highest BCUT2D eigenvalue weighted by atomic mass is 19.3. The first-order valence-corrected chi connectivity index (χ1v) is 2.73. The minimum atomic E-state index is -2.33. The fourth-order valence-electron chi connectivity index (χ4n) is 0.380. The van der Waals surface area contributed by atoms with Gasteiger partial charge in [0.1, 0.15) is 5.78 Å². The molecule has 0 aliphatic carbocycles. The van der Waals surface area contributed by atoms with Crippen molar-refractivity contribution in [3.63, 3.8) is 0 Å². The maximum atomic E-state index is 11.9. The Morgan fingerprint density at radius 3 is 2.00 bits per heavy atom. The molecule has 0 aromatic rings. The molecule has 0 N–H and O–H groups in total. The van der Waals surface area contributed by atoms with Gasteiger partial charge in [-0.25, -0.2) is 4.39 Å². The molecule has 0 unspecified atom stereocenters. The van der Waals surface area contributed by atoms with E-state index in [1.165, 1.54) is 6.92 Å². The van der Waals surface area contributed by atoms with Crippen molar-refractivity contribution in [2.45, 2.75) is 19.8 Å². The van der Waals surface area contributed by atoms with Crippen molar-refractivity contribution in [2.75, 3.05) is 0 Å². The van der Waals surface area contributed by atoms with E-state index in [1.807, 2.05) is 0 Å². The Morgan fingerprint density at radius 2 is 1.70 bits per heavy atom. The second kappa shape index (κ2) is 4.09. The lowest BCUT2D eigenvalue weighted by atomic mass is 10.2. The van der Waals surface area contributed by atoms with Gasteiger partial charge in [-0.2, -0.15) is 8.78 Å². The molecule has 58 valence electrons. The predicted molar refractivity (Wildman–Crippen MR) is 30.3 cm³/mol. The summed E-state index contributed by atoms with van der Waals surface area (Å²) >= 11 is 0. The summed E-state index contributed by atoms with van der Waals surface area (Å²) < 4.78 is 34.4. The van der Waals surface area contributed by atoms with Gasteiger partial charge in [-0.05, 0) is 6.92 Å². The summed E-state index contributed by atoms with van der Waals surface area (Å²) in [4.78, 5) is 10.1. The predicted octanol–water partition coefficient (Wildman–Crippen LogP) is 2.43. The Bertz CT molecular complexity index is 158. The van der Waals surface area contributed by atoms with Crippen molar-refractivity contribution in [3.05, 3.63) is 11.9 Å². The van der Waals surface area contributed by atoms with Crippen molar-refractivity contribution in [1.82, 2.24) is 0 Å². The number of ketones is 1. The zero-order valence-corrected chi connectivity index (χ0v) is 5.46. The molecular weight excluding hydrogens is 145 g/mol. The fraction of sp³-hybridized carbons (Fsp3) is 0.500. The van der Waals surface area contributed by atoms with Crippen LogP contribution in [0.15, 0.2) is 11.9 Å². The molecule has 0 saturated heterocycles. The van der Waals surface area contributed by atoms with Gasteiger partial charge in [-0.3, -0.25) is 0 Å². The maximum Gasteiger partial charge on any atom is 0.301 e. The molecule has 0 heterocycles. The lowest BCUT2D eigenvalue weighted by Crippen LogP contribution is -1.89. The molecule has 4 heteroatoms. The van der Waals surface area contributed by atoms with Crippen LogP contribution in [-0.4, -0.2) is 5.78 Å². The summed E-state index contributed by atoms with van der Waals surface area (Å²) in [6.07, 6.45) is -2.98. The first-order chi connectivity index (χ1) is 4.54. The van der Waals surface area contributed by atoms with E-state index in [2.05, 4.69) is 0 Å². The van der Waals surface area contributed by atoms with Crippen LogP contribution in [0.4, 0.5) is 13.2 Å². The molecule has 10 heavy (non-hydrogen) atoms. The Balaban J connectivity index is 3.71. The molecule has 0 amide bonds. The molecular formula is C6H7F3O. The van der Waals surface area contributed by atoms with Gasteiger partial charge in [0.15, 0.2) is 5.83 Å². The summed E-state index contributed by atoms with van der Waals surface area (Å²) in [5.74, 6) is -1.79. The molecule has 0 saturated carbocycles. The molecule has 0 spiro atoms. The van der Waals surface area contributed by atoms with Crippen LogP contribution in [0, 0.1) is 0 Å². The number of allylic oxidation sites excluding steroid dienone is 1. The van der Waals surface area contributed by atoms with Gasteiger partial charge in [0.25, 0.3) is 0 Å². The average molecular weight is 152 g/mol. The Kier molecular flexibility index (Phi) is 3.76. The third kappa shape index (κ3) is 4.12. The number of rotatable bonds is 3. The highest BCUT2D eigenvalue weighted by molar-refractivity contribution is 5.75. The van der Waals surface area contributed by atoms with Crippen LogP contribution in [-0.2, 0) is 4.79 Å². The number of carbonyl (C=O) groups is 1. The number of hydrogen-bond donors (Lipinski definition) is 0. The highest BCUT2D eigenvalue weighted by Gasteiger charge is 2.05. The molecule has 0 aliphatic heterocycles. The molecule has 0 radical (unpaired) electrons. The van der Waals surface area contributed by atoms with Crippen molar-refractivity contribution < 1.29 is 18.0 Å². The molecule has 0 aliphatic rings. The van der Waals surface area contributed by atoms with E-state index in [4.69, 9.17) is 0 Å². The van der Waals surface area contributed by atoms with Gasteiger partial charge in [-0.15, -0.1) is 0 Å². The lowest BCUT2D eigenvalue weighted by molar-refractivity contribution is -0.117. The van der Waals surface area contributed by atoms with Crippen LogP contribution in [0.25, 0.3) is 0 Å². The van der Waals surface area contributed by atoms with E-state index in [1.54, 1.807) is 0 Å². The van der Waals surface area contributed by atoms with E-state index in [-0.39, 0.29) is 12.2 Å². The van der Waals surface area contributed by atoms with E-state index >= 15 is 0 Å². The summed E-state index contributed by atoms with van der Waals surface area (Å²) in [5, 5.41) is 0. The molecule has 0 aromatic heterocycles. The summed E-state index contributed by atoms with van der Waals surface area (Å²) in [5.41, 5.74) is 0. The Morgan fingerprint density at radius 1 is 1.20 bits per heavy atom. The Hall–Kier alpha value is -0.800. The fourth-order valence-corrected chi connectivity index (χ4v) is 0.380. The number of Topliss-reactive ketones (excluding diaryl/α,β-unsaturated/α-hetero) is 1. The van der Waals surface area contributed by atoms with Gasteiger partial charge in [0.2, 0.25) is 0 Å². The second-order valence-corrected chi connectivity index (χ2v) is 1.87. The first-order valence-electron chi connectivity index (χ1n) is 2.73. The number of halogens is 3. The van der Waals surface area contributed by atoms with E-state index in [0.717, 1.165) is 0 Å². The van der Waals surface area contributed by atoms with Gasteiger partial charge in [0.05, 0.1) is 0 Å². The van der Waals surface area contributed by atoms with Gasteiger partial charge < -0.3 is 4.79 Å². The standard InChI is InChI=1S/C6H7F3O/c1-4(10)2-3-5(7)6(8)9/h2-3H2,1H3. The van der Waals surface area contributed by atoms with Gasteiger partial charge in [0, 0.05) is 12.8 Å². The van der Waals surface area contributed by atoms with Crippen LogP contribution >= 0.6 is 0 Å². The zero-order valence-electron chi connectivity index (χ0n) is 5.46. The van der Waals surface area contributed by atoms with Crippen molar-refractivity contribution in [3.8, 4) is 0 Å². The normalized spacial score (nSPS) is 9.20. The monoisotopic (exact) mass is 152 g/mol. The summed E-state index contributed by atoms with van der Waals surface area (Å²) in [7, 11) is 0. The largest absolute Gasteiger partial charge is 0.301 e. The minimum absolute atomic E-state index is 0.164. The zero-order chi connectivity index (χ0) is 8.15. The van der Waals surface area contributed by atoms with Crippen LogP contribution < -0.4 is 0 Å². The Labute approximate surface area is 56.5 Å². The minimum Gasteiger partial charge on any atom is -0.300 e. The van der Waals surface area contributed by atoms with Gasteiger partial charge in [-0.1, -0.05) is 0 Å². The number of carbonyl (C=O) groups excluding carboxylic acids is 1. The van der Waals surface area contributed by atoms with E-state index in [0.29, 0.717) is 0 Å². The van der Waals surface area contributed by atoms with Crippen LogP contribution in [0.5, 0.6) is 0 Å². The third-order valence-corrected chi connectivity index (χ3v) is 0.902. The van der Waals surface area contributed by atoms with Crippen molar-refractivity contribution >= 4 is 5.78 Å². The molecule has 0 fully saturated rings. The lowest BCUT2D eigenvalue weighted by Gasteiger charge is -1.90. The van der Waals surface area contributed by atoms with Crippen LogP contribution in [0.1, 0.15) is 19.8 Å². The van der Waals surface area contributed by atoms with Crippen LogP contribution in [0.3, 0.4) is 0 Å². The maximum absolute atomic E-state index is 11.9. The molecule has 0 atom stereocenters. The van der Waals surface area contributed by atoms with Crippen molar-refractivity contribution in [2.24, 2.45) is 0 Å². The van der Waals surface area contributed by atoms with Crippen LogP contribution in [0.2, 0.25) is 0 Å². The molecule has 0 bridgehead atoms. The second-order valence-electron chi connectivity index (χ2n) is 1.87. The summed E-state index contributed by atoms with van der Waals surface area (Å²) in [6, 6.07) is 0. The van der Waals surface area contributed by atoms with Gasteiger partial charge >= 0.3 is 6.08 Å². The average Bonchev–Trinajstić information content (AvgIpc) is 1.82. The van der Waals surface area contributed by atoms with E-state index < -0.39 is 18.3 Å². The first kappa shape index (κ1) is 9.20. The molecule has 0 aromatic carbocycles. The van der Waals surface area contributed by atoms with E-state index in [9.17, 15) is 18.0 Å².